The molecule has 2 amide bonds. The smallest absolute Gasteiger partial charge is 0.308 e. The number of carbonyl (C=O) groups is 4. The number of thiazole rings is 1. The summed E-state index contributed by atoms with van der Waals surface area (Å²) < 4.78 is 10.6. The lowest BCUT2D eigenvalue weighted by atomic mass is 10.0. The Hall–Kier alpha value is -2.55. The van der Waals surface area contributed by atoms with Crippen LogP contribution in [0.1, 0.15) is 31.7 Å². The van der Waals surface area contributed by atoms with E-state index >= 15 is 0 Å². The average molecular weight is 336 g/mol. The predicted octanol–water partition coefficient (Wildman–Crippen LogP) is 0.839. The standard InChI is InChI=1S/C14H12N2O6S/c1-7(17)21-10-11(20)14(2,13-15-5-6-23-13)22-12(10)16-8(18)3-4-9(16)19/h5-6H,3-4H2,1-2H3. The number of likely N-dealkylation sites (tertiary alicyclic amines) is 1. The molecule has 1 aromatic rings. The van der Waals surface area contributed by atoms with Crippen LogP contribution in [0.2, 0.25) is 0 Å². The topological polar surface area (TPSA) is 103 Å². The van der Waals surface area contributed by atoms with Crippen LogP contribution < -0.4 is 0 Å². The van der Waals surface area contributed by atoms with Crippen molar-refractivity contribution in [2.75, 3.05) is 0 Å². The predicted molar refractivity (Wildman–Crippen MR) is 75.4 cm³/mol. The zero-order valence-electron chi connectivity index (χ0n) is 12.3. The van der Waals surface area contributed by atoms with E-state index in [4.69, 9.17) is 9.47 Å². The second kappa shape index (κ2) is 5.27. The average Bonchev–Trinajstić information content (AvgIpc) is 3.17. The normalized spacial score (nSPS) is 24.4. The Labute approximate surface area is 134 Å². The van der Waals surface area contributed by atoms with E-state index in [1.807, 2.05) is 0 Å². The number of hydrogen-bond donors (Lipinski definition) is 0. The van der Waals surface area contributed by atoms with E-state index in [1.165, 1.54) is 24.5 Å². The fraction of sp³-hybridized carbons (Fsp3) is 0.357. The molecule has 3 heterocycles. The highest BCUT2D eigenvalue weighted by Crippen LogP contribution is 2.42. The molecule has 1 saturated heterocycles. The van der Waals surface area contributed by atoms with Crippen LogP contribution in [0.15, 0.2) is 23.2 Å². The van der Waals surface area contributed by atoms with E-state index in [-0.39, 0.29) is 18.7 Å². The first-order valence-electron chi connectivity index (χ1n) is 6.77. The molecule has 0 N–H and O–H groups in total. The van der Waals surface area contributed by atoms with Gasteiger partial charge in [-0.2, -0.15) is 0 Å². The molecule has 9 heteroatoms. The van der Waals surface area contributed by atoms with Gasteiger partial charge in [-0.25, -0.2) is 9.88 Å². The van der Waals surface area contributed by atoms with Crippen LogP contribution in [-0.2, 0) is 34.3 Å². The van der Waals surface area contributed by atoms with Crippen LogP contribution in [-0.4, -0.2) is 33.5 Å². The van der Waals surface area contributed by atoms with Crippen LogP contribution in [0.5, 0.6) is 0 Å². The number of hydrogen-bond acceptors (Lipinski definition) is 8. The first-order chi connectivity index (χ1) is 10.8. The lowest BCUT2D eigenvalue weighted by molar-refractivity contribution is -0.144. The Morgan fingerprint density at radius 1 is 1.35 bits per heavy atom. The number of imide groups is 1. The molecule has 0 bridgehead atoms. The number of nitrogens with zero attached hydrogens (tertiary/aromatic N) is 2. The van der Waals surface area contributed by atoms with Crippen LogP contribution in [0.25, 0.3) is 0 Å². The number of aromatic nitrogens is 1. The molecule has 1 aromatic heterocycles. The maximum absolute atomic E-state index is 12.7. The first kappa shape index (κ1) is 15.3. The van der Waals surface area contributed by atoms with Crippen LogP contribution in [0, 0.1) is 0 Å². The summed E-state index contributed by atoms with van der Waals surface area (Å²) in [6.07, 6.45) is 1.53. The Morgan fingerprint density at radius 2 is 2.00 bits per heavy atom. The van der Waals surface area contributed by atoms with Crippen LogP contribution in [0.3, 0.4) is 0 Å². The fourth-order valence-corrected chi connectivity index (χ4v) is 3.12. The summed E-state index contributed by atoms with van der Waals surface area (Å²) in [6.45, 7) is 2.57. The van der Waals surface area contributed by atoms with Gasteiger partial charge in [-0.15, -0.1) is 11.3 Å². The van der Waals surface area contributed by atoms with Gasteiger partial charge in [-0.1, -0.05) is 0 Å². The number of esters is 1. The minimum Gasteiger partial charge on any atom is -0.453 e. The molecule has 3 rings (SSSR count). The van der Waals surface area contributed by atoms with Gasteiger partial charge < -0.3 is 9.47 Å². The highest BCUT2D eigenvalue weighted by Gasteiger charge is 2.54. The highest BCUT2D eigenvalue weighted by molar-refractivity contribution is 7.09. The molecule has 8 nitrogen and oxygen atoms in total. The van der Waals surface area contributed by atoms with Crippen molar-refractivity contribution in [3.63, 3.8) is 0 Å². The summed E-state index contributed by atoms with van der Waals surface area (Å²) in [5, 5.41) is 1.99. The Balaban J connectivity index is 2.07. The van der Waals surface area contributed by atoms with Crippen molar-refractivity contribution in [3.05, 3.63) is 28.2 Å². The molecule has 0 aliphatic carbocycles. The molecule has 120 valence electrons. The number of ketones is 1. The monoisotopic (exact) mass is 336 g/mol. The molecular formula is C14H12N2O6S. The van der Waals surface area contributed by atoms with Crippen molar-refractivity contribution in [1.82, 2.24) is 9.88 Å². The van der Waals surface area contributed by atoms with Crippen molar-refractivity contribution >= 4 is 34.9 Å². The number of ether oxygens (including phenoxy) is 2. The summed E-state index contributed by atoms with van der Waals surface area (Å²) in [5.41, 5.74) is -1.54. The lowest BCUT2D eigenvalue weighted by Gasteiger charge is -2.22. The molecule has 0 saturated carbocycles. The molecule has 1 fully saturated rings. The molecule has 2 aliphatic rings. The van der Waals surface area contributed by atoms with Gasteiger partial charge in [0.1, 0.15) is 5.01 Å². The number of rotatable bonds is 3. The third-order valence-electron chi connectivity index (χ3n) is 3.48. The number of Topliss-reactive ketones (excluding diaryl/α,β-unsaturated/α-hetero) is 1. The number of carbonyl (C=O) groups excluding carboxylic acids is 4. The Morgan fingerprint density at radius 3 is 2.52 bits per heavy atom. The molecule has 0 radical (unpaired) electrons. The van der Waals surface area contributed by atoms with Crippen LogP contribution >= 0.6 is 11.3 Å². The third-order valence-corrected chi connectivity index (χ3v) is 4.45. The van der Waals surface area contributed by atoms with Crippen molar-refractivity contribution in [1.29, 1.82) is 0 Å². The Bertz CT molecular complexity index is 737. The molecule has 0 aromatic carbocycles. The van der Waals surface area contributed by atoms with Crippen molar-refractivity contribution in [2.24, 2.45) is 0 Å². The van der Waals surface area contributed by atoms with Gasteiger partial charge in [-0.05, 0) is 6.92 Å². The molecule has 0 spiro atoms. The summed E-state index contributed by atoms with van der Waals surface area (Å²) >= 11 is 1.18. The molecular weight excluding hydrogens is 324 g/mol. The van der Waals surface area contributed by atoms with Crippen molar-refractivity contribution in [3.8, 4) is 0 Å². The zero-order chi connectivity index (χ0) is 16.8. The van der Waals surface area contributed by atoms with Gasteiger partial charge in [0.2, 0.25) is 23.2 Å². The van der Waals surface area contributed by atoms with E-state index in [0.29, 0.717) is 5.01 Å². The maximum Gasteiger partial charge on any atom is 0.308 e. The second-order valence-electron chi connectivity index (χ2n) is 5.15. The maximum atomic E-state index is 12.7. The van der Waals surface area contributed by atoms with E-state index < -0.39 is 34.9 Å². The van der Waals surface area contributed by atoms with Crippen molar-refractivity contribution < 1.29 is 28.7 Å². The number of amides is 2. The van der Waals surface area contributed by atoms with E-state index in [9.17, 15) is 19.2 Å². The largest absolute Gasteiger partial charge is 0.453 e. The van der Waals surface area contributed by atoms with Crippen molar-refractivity contribution in [2.45, 2.75) is 32.3 Å². The molecule has 1 atom stereocenters. The SMILES string of the molecule is CC(=O)OC1=C(N2C(=O)CCC2=O)OC(C)(c2nccs2)C1=O. The lowest BCUT2D eigenvalue weighted by Crippen LogP contribution is -2.33. The first-order valence-corrected chi connectivity index (χ1v) is 7.65. The Kier molecular flexibility index (Phi) is 3.52. The van der Waals surface area contributed by atoms with Gasteiger partial charge in [0.25, 0.3) is 11.7 Å². The zero-order valence-corrected chi connectivity index (χ0v) is 13.1. The summed E-state index contributed by atoms with van der Waals surface area (Å²) in [6, 6.07) is 0. The van der Waals surface area contributed by atoms with Gasteiger partial charge in [0.15, 0.2) is 0 Å². The fourth-order valence-electron chi connectivity index (χ4n) is 2.38. The summed E-state index contributed by atoms with van der Waals surface area (Å²) in [5.74, 6) is -3.21. The minimum atomic E-state index is -1.54. The highest BCUT2D eigenvalue weighted by atomic mass is 32.1. The van der Waals surface area contributed by atoms with Gasteiger partial charge in [0, 0.05) is 31.3 Å². The van der Waals surface area contributed by atoms with Crippen LogP contribution in [0.4, 0.5) is 0 Å². The van der Waals surface area contributed by atoms with E-state index in [0.717, 1.165) is 11.8 Å². The van der Waals surface area contributed by atoms with E-state index in [2.05, 4.69) is 4.98 Å². The molecule has 1 unspecified atom stereocenters. The summed E-state index contributed by atoms with van der Waals surface area (Å²) in [7, 11) is 0. The summed E-state index contributed by atoms with van der Waals surface area (Å²) in [4.78, 5) is 52.7. The molecule has 2 aliphatic heterocycles. The third kappa shape index (κ3) is 2.33. The minimum absolute atomic E-state index is 0.0151. The molecule has 23 heavy (non-hydrogen) atoms. The van der Waals surface area contributed by atoms with Gasteiger partial charge in [-0.3, -0.25) is 19.2 Å². The quantitative estimate of drug-likeness (QED) is 0.595. The van der Waals surface area contributed by atoms with E-state index in [1.54, 1.807) is 5.38 Å². The van der Waals surface area contributed by atoms with Gasteiger partial charge >= 0.3 is 5.97 Å². The van der Waals surface area contributed by atoms with Gasteiger partial charge in [0.05, 0.1) is 0 Å². The second-order valence-corrected chi connectivity index (χ2v) is 6.05.